The van der Waals surface area contributed by atoms with E-state index in [9.17, 15) is 9.90 Å². The lowest BCUT2D eigenvalue weighted by atomic mass is 9.83. The number of halogens is 1. The molecule has 6 nitrogen and oxygen atoms in total. The second-order valence-electron chi connectivity index (χ2n) is 6.70. The van der Waals surface area contributed by atoms with Crippen molar-refractivity contribution in [2.24, 2.45) is 11.7 Å². The normalized spacial score (nSPS) is 23.6. The Bertz CT molecular complexity index is 617. The van der Waals surface area contributed by atoms with Crippen LogP contribution in [0.3, 0.4) is 0 Å². The Morgan fingerprint density at radius 2 is 2.08 bits per heavy atom. The van der Waals surface area contributed by atoms with E-state index in [1.165, 1.54) is 7.11 Å². The summed E-state index contributed by atoms with van der Waals surface area (Å²) in [6.07, 6.45) is 2.03. The van der Waals surface area contributed by atoms with E-state index >= 15 is 0 Å². The lowest BCUT2D eigenvalue weighted by Gasteiger charge is -2.40. The van der Waals surface area contributed by atoms with Crippen molar-refractivity contribution in [3.63, 3.8) is 0 Å². The molecule has 2 heterocycles. The van der Waals surface area contributed by atoms with Gasteiger partial charge in [-0.05, 0) is 36.8 Å². The third kappa shape index (κ3) is 3.86. The molecule has 0 saturated carbocycles. The van der Waals surface area contributed by atoms with E-state index in [1.54, 1.807) is 4.90 Å². The molecule has 0 aliphatic carbocycles. The number of nitrogens with zero attached hydrogens (tertiary/aromatic N) is 1. The van der Waals surface area contributed by atoms with Crippen molar-refractivity contribution >= 4 is 18.5 Å². The number of amides is 1. The minimum Gasteiger partial charge on any atom is -0.507 e. The highest BCUT2D eigenvalue weighted by molar-refractivity contribution is 5.85. The fraction of sp³-hybridized carbons (Fsp3) is 0.611. The number of ether oxygens (including phenoxy) is 2. The highest BCUT2D eigenvalue weighted by Gasteiger charge is 2.36. The largest absolute Gasteiger partial charge is 0.507 e. The van der Waals surface area contributed by atoms with E-state index in [2.05, 4.69) is 0 Å². The zero-order chi connectivity index (χ0) is 17.3. The number of hydrogen-bond acceptors (Lipinski definition) is 5. The molecular weight excluding hydrogens is 344 g/mol. The number of hydrogen-bond donors (Lipinski definition) is 2. The summed E-state index contributed by atoms with van der Waals surface area (Å²) in [6, 6.07) is 3.92. The zero-order valence-electron chi connectivity index (χ0n) is 14.7. The second kappa shape index (κ2) is 8.25. The number of fused-ring (bicyclic) bond motifs is 1. The number of carbonyl (C=O) groups is 1. The number of aryl methyl sites for hydroxylation is 1. The van der Waals surface area contributed by atoms with Crippen LogP contribution in [-0.2, 0) is 15.9 Å². The average molecular weight is 371 g/mol. The Hall–Kier alpha value is -1.50. The number of likely N-dealkylation sites (tertiary alicyclic amines) is 1. The molecule has 1 fully saturated rings. The molecule has 25 heavy (non-hydrogen) atoms. The highest BCUT2D eigenvalue weighted by Crippen LogP contribution is 2.40. The Morgan fingerprint density at radius 3 is 2.68 bits per heavy atom. The molecule has 7 heteroatoms. The summed E-state index contributed by atoms with van der Waals surface area (Å²) in [5.41, 5.74) is 8.76. The molecule has 3 rings (SSSR count). The summed E-state index contributed by atoms with van der Waals surface area (Å²) in [4.78, 5) is 13.3. The lowest BCUT2D eigenvalue weighted by molar-refractivity contribution is -0.0637. The highest BCUT2D eigenvalue weighted by atomic mass is 35.5. The first kappa shape index (κ1) is 19.8. The molecule has 0 bridgehead atoms. The number of aromatic hydroxyl groups is 1. The number of nitrogens with two attached hydrogens (primary N) is 1. The molecular formula is C18H27ClN2O4. The topological polar surface area (TPSA) is 85.0 Å². The minimum atomic E-state index is -0.267. The van der Waals surface area contributed by atoms with Gasteiger partial charge in [-0.1, -0.05) is 12.1 Å². The first-order chi connectivity index (χ1) is 11.5. The van der Waals surface area contributed by atoms with Gasteiger partial charge in [0, 0.05) is 31.6 Å². The van der Waals surface area contributed by atoms with E-state index in [0.29, 0.717) is 37.7 Å². The summed E-state index contributed by atoms with van der Waals surface area (Å²) < 4.78 is 11.0. The Kier molecular flexibility index (Phi) is 6.54. The molecule has 0 radical (unpaired) electrons. The fourth-order valence-electron chi connectivity index (χ4n) is 3.86. The number of methoxy groups -OCH3 is 1. The van der Waals surface area contributed by atoms with Crippen LogP contribution in [-0.4, -0.2) is 48.9 Å². The van der Waals surface area contributed by atoms with Crippen molar-refractivity contribution in [1.82, 2.24) is 4.90 Å². The van der Waals surface area contributed by atoms with Crippen molar-refractivity contribution in [3.8, 4) is 5.75 Å². The van der Waals surface area contributed by atoms with E-state index in [1.807, 2.05) is 19.1 Å². The molecule has 1 aromatic rings. The maximum atomic E-state index is 11.6. The summed E-state index contributed by atoms with van der Waals surface area (Å²) in [7, 11) is 1.41. The lowest BCUT2D eigenvalue weighted by Crippen LogP contribution is -2.44. The van der Waals surface area contributed by atoms with E-state index < -0.39 is 0 Å². The number of rotatable bonds is 2. The molecule has 1 saturated heterocycles. The first-order valence-electron chi connectivity index (χ1n) is 8.55. The molecule has 140 valence electrons. The predicted molar refractivity (Wildman–Crippen MR) is 97.2 cm³/mol. The van der Waals surface area contributed by atoms with Crippen molar-refractivity contribution < 1.29 is 19.4 Å². The number of piperidine rings is 1. The smallest absolute Gasteiger partial charge is 0.409 e. The van der Waals surface area contributed by atoms with Gasteiger partial charge in [-0.15, -0.1) is 12.4 Å². The number of phenolic OH excluding ortho intramolecular Hbond substituents is 1. The molecule has 2 atom stereocenters. The van der Waals surface area contributed by atoms with Gasteiger partial charge in [-0.2, -0.15) is 0 Å². The van der Waals surface area contributed by atoms with Gasteiger partial charge in [0.15, 0.2) is 0 Å². The van der Waals surface area contributed by atoms with Crippen LogP contribution >= 0.6 is 12.4 Å². The summed E-state index contributed by atoms with van der Waals surface area (Å²) in [5.74, 6) is 0.722. The van der Waals surface area contributed by atoms with E-state index in [4.69, 9.17) is 15.2 Å². The minimum absolute atomic E-state index is 0. The van der Waals surface area contributed by atoms with E-state index in [0.717, 1.165) is 29.5 Å². The van der Waals surface area contributed by atoms with Gasteiger partial charge in [0.1, 0.15) is 5.75 Å². The fourth-order valence-corrected chi connectivity index (χ4v) is 3.86. The van der Waals surface area contributed by atoms with Crippen molar-refractivity contribution in [2.45, 2.75) is 38.4 Å². The van der Waals surface area contributed by atoms with Crippen LogP contribution in [0.4, 0.5) is 4.79 Å². The molecule has 0 spiro atoms. The average Bonchev–Trinajstić information content (AvgIpc) is 2.63. The van der Waals surface area contributed by atoms with Crippen LogP contribution in [0.15, 0.2) is 12.1 Å². The van der Waals surface area contributed by atoms with Crippen LogP contribution in [0.1, 0.15) is 35.6 Å². The van der Waals surface area contributed by atoms with Gasteiger partial charge < -0.3 is 25.2 Å². The van der Waals surface area contributed by atoms with Gasteiger partial charge >= 0.3 is 6.09 Å². The van der Waals surface area contributed by atoms with Crippen LogP contribution in [0.25, 0.3) is 0 Å². The zero-order valence-corrected chi connectivity index (χ0v) is 15.6. The van der Waals surface area contributed by atoms with Crippen LogP contribution in [0.2, 0.25) is 0 Å². The number of benzene rings is 1. The predicted octanol–water partition coefficient (Wildman–Crippen LogP) is 2.54. The third-order valence-electron chi connectivity index (χ3n) is 5.32. The molecule has 2 aliphatic heterocycles. The van der Waals surface area contributed by atoms with Crippen molar-refractivity contribution in [1.29, 1.82) is 0 Å². The van der Waals surface area contributed by atoms with E-state index in [-0.39, 0.29) is 30.7 Å². The molecule has 0 unspecified atom stereocenters. The third-order valence-corrected chi connectivity index (χ3v) is 5.32. The SMILES string of the molecule is COC(=O)N1CCC([C@@H]2Cc3c(ccc(C)c3O)[C@H](CN)O2)CC1.Cl. The van der Waals surface area contributed by atoms with Gasteiger partial charge in [0.2, 0.25) is 0 Å². The van der Waals surface area contributed by atoms with Crippen LogP contribution in [0.5, 0.6) is 5.75 Å². The number of phenols is 1. The number of carbonyl (C=O) groups excluding carboxylic acids is 1. The van der Waals surface area contributed by atoms with Crippen LogP contribution < -0.4 is 5.73 Å². The molecule has 0 aromatic heterocycles. The van der Waals surface area contributed by atoms with Gasteiger partial charge in [0.25, 0.3) is 0 Å². The quantitative estimate of drug-likeness (QED) is 0.835. The summed E-state index contributed by atoms with van der Waals surface area (Å²) in [6.45, 7) is 3.66. The van der Waals surface area contributed by atoms with Gasteiger partial charge in [0.05, 0.1) is 19.3 Å². The van der Waals surface area contributed by atoms with Crippen LogP contribution in [0, 0.1) is 12.8 Å². The first-order valence-corrected chi connectivity index (χ1v) is 8.55. The standard InChI is InChI=1S/C18H26N2O4.ClH/c1-11-3-4-13-14(17(11)21)9-15(24-16(13)10-19)12-5-7-20(8-6-12)18(22)23-2;/h3-4,12,15-16,21H,5-10,19H2,1-2H3;1H/t15-,16-;/m0./s1. The maximum Gasteiger partial charge on any atom is 0.409 e. The molecule has 1 aromatic carbocycles. The summed E-state index contributed by atoms with van der Waals surface area (Å²) in [5, 5.41) is 10.5. The molecule has 3 N–H and O–H groups in total. The summed E-state index contributed by atoms with van der Waals surface area (Å²) >= 11 is 0. The molecule has 2 aliphatic rings. The molecule has 1 amide bonds. The Balaban J connectivity index is 0.00000225. The second-order valence-corrected chi connectivity index (χ2v) is 6.70. The van der Waals surface area contributed by atoms with Crippen molar-refractivity contribution in [2.75, 3.05) is 26.7 Å². The van der Waals surface area contributed by atoms with Gasteiger partial charge in [-0.3, -0.25) is 0 Å². The maximum absolute atomic E-state index is 11.6. The monoisotopic (exact) mass is 370 g/mol. The Labute approximate surface area is 154 Å². The Morgan fingerprint density at radius 1 is 1.40 bits per heavy atom. The van der Waals surface area contributed by atoms with Gasteiger partial charge in [-0.25, -0.2) is 4.79 Å². The van der Waals surface area contributed by atoms with Crippen molar-refractivity contribution in [3.05, 3.63) is 28.8 Å².